The van der Waals surface area contributed by atoms with Gasteiger partial charge in [-0.15, -0.1) is 0 Å². The van der Waals surface area contributed by atoms with Crippen LogP contribution in [0, 0.1) is 12.8 Å². The van der Waals surface area contributed by atoms with Crippen molar-refractivity contribution in [3.8, 4) is 0 Å². The molecule has 21 heavy (non-hydrogen) atoms. The third-order valence-corrected chi connectivity index (χ3v) is 3.74. The first-order valence-corrected chi connectivity index (χ1v) is 7.45. The van der Waals surface area contributed by atoms with Crippen LogP contribution in [0.4, 0.5) is 0 Å². The van der Waals surface area contributed by atoms with Crippen molar-refractivity contribution in [2.24, 2.45) is 5.92 Å². The lowest BCUT2D eigenvalue weighted by Gasteiger charge is -2.28. The van der Waals surface area contributed by atoms with Crippen molar-refractivity contribution in [3.63, 3.8) is 0 Å². The molecule has 2 atom stereocenters. The molecule has 2 aromatic rings. The average molecular weight is 284 g/mol. The number of benzene rings is 1. The van der Waals surface area contributed by atoms with Crippen LogP contribution in [0.3, 0.4) is 0 Å². The minimum absolute atomic E-state index is 0.00733. The first-order valence-electron chi connectivity index (χ1n) is 7.45. The van der Waals surface area contributed by atoms with Crippen LogP contribution >= 0.6 is 0 Å². The van der Waals surface area contributed by atoms with E-state index in [4.69, 9.17) is 0 Å². The van der Waals surface area contributed by atoms with Crippen molar-refractivity contribution in [2.75, 3.05) is 0 Å². The van der Waals surface area contributed by atoms with Gasteiger partial charge >= 0.3 is 0 Å². The second kappa shape index (κ2) is 7.34. The molecule has 0 aliphatic rings. The number of rotatable bonds is 6. The minimum atomic E-state index is -0.512. The van der Waals surface area contributed by atoms with Crippen LogP contribution in [-0.2, 0) is 6.54 Å². The first kappa shape index (κ1) is 15.7. The van der Waals surface area contributed by atoms with Crippen LogP contribution < -0.4 is 5.32 Å². The molecule has 3 heteroatoms. The van der Waals surface area contributed by atoms with Gasteiger partial charge in [0.05, 0.1) is 6.10 Å². The number of aryl methyl sites for hydroxylation is 1. The Labute approximate surface area is 127 Å². The topological polar surface area (TPSA) is 45.1 Å². The molecule has 1 heterocycles. The second-order valence-electron chi connectivity index (χ2n) is 5.87. The quantitative estimate of drug-likeness (QED) is 0.856. The summed E-state index contributed by atoms with van der Waals surface area (Å²) >= 11 is 0. The third-order valence-electron chi connectivity index (χ3n) is 3.74. The predicted octanol–water partition coefficient (Wildman–Crippen LogP) is 3.24. The second-order valence-corrected chi connectivity index (χ2v) is 5.87. The Morgan fingerprint density at radius 1 is 1.14 bits per heavy atom. The summed E-state index contributed by atoms with van der Waals surface area (Å²) in [5.41, 5.74) is 3.28. The van der Waals surface area contributed by atoms with Gasteiger partial charge in [-0.3, -0.25) is 4.98 Å². The van der Waals surface area contributed by atoms with Crippen molar-refractivity contribution in [1.82, 2.24) is 10.3 Å². The van der Waals surface area contributed by atoms with E-state index in [1.807, 2.05) is 42.6 Å². The number of pyridine rings is 1. The number of nitrogens with one attached hydrogen (secondary N) is 1. The molecule has 0 saturated carbocycles. The highest BCUT2D eigenvalue weighted by Gasteiger charge is 2.23. The number of nitrogens with zero attached hydrogens (tertiary/aromatic N) is 1. The summed E-state index contributed by atoms with van der Waals surface area (Å²) in [6.07, 6.45) is 3.11. The van der Waals surface area contributed by atoms with Crippen molar-refractivity contribution in [2.45, 2.75) is 39.5 Å². The molecule has 1 aromatic heterocycles. The predicted molar refractivity (Wildman–Crippen MR) is 85.8 cm³/mol. The molecule has 112 valence electrons. The molecule has 2 unspecified atom stereocenters. The molecular formula is C18H24N2O. The Bertz CT molecular complexity index is 537. The molecule has 2 rings (SSSR count). The zero-order valence-corrected chi connectivity index (χ0v) is 13.0. The van der Waals surface area contributed by atoms with Gasteiger partial charge in [-0.25, -0.2) is 0 Å². The van der Waals surface area contributed by atoms with Gasteiger partial charge in [0.25, 0.3) is 0 Å². The zero-order valence-electron chi connectivity index (χ0n) is 13.0. The van der Waals surface area contributed by atoms with Crippen LogP contribution in [0.2, 0.25) is 0 Å². The van der Waals surface area contributed by atoms with Crippen LogP contribution in [0.15, 0.2) is 48.8 Å². The van der Waals surface area contributed by atoms with Gasteiger partial charge in [0.15, 0.2) is 0 Å². The number of aliphatic hydroxyl groups excluding tert-OH is 1. The maximum absolute atomic E-state index is 10.6. The molecular weight excluding hydrogens is 260 g/mol. The summed E-state index contributed by atoms with van der Waals surface area (Å²) < 4.78 is 0. The molecule has 0 fully saturated rings. The molecule has 0 spiro atoms. The van der Waals surface area contributed by atoms with Crippen molar-refractivity contribution < 1.29 is 5.11 Å². The number of aliphatic hydroxyl groups is 1. The smallest absolute Gasteiger partial charge is 0.0945 e. The van der Waals surface area contributed by atoms with Crippen molar-refractivity contribution in [1.29, 1.82) is 0 Å². The molecule has 0 amide bonds. The summed E-state index contributed by atoms with van der Waals surface area (Å²) in [6, 6.07) is 12.1. The highest BCUT2D eigenvalue weighted by atomic mass is 16.3. The normalized spacial score (nSPS) is 14.1. The fraction of sp³-hybridized carbons (Fsp3) is 0.389. The van der Waals surface area contributed by atoms with E-state index in [1.165, 1.54) is 5.56 Å². The summed E-state index contributed by atoms with van der Waals surface area (Å²) in [5, 5.41) is 14.1. The molecule has 2 N–H and O–H groups in total. The summed E-state index contributed by atoms with van der Waals surface area (Å²) in [6.45, 7) is 7.01. The van der Waals surface area contributed by atoms with Crippen molar-refractivity contribution in [3.05, 3.63) is 65.5 Å². The molecule has 0 aliphatic carbocycles. The average Bonchev–Trinajstić information content (AvgIpc) is 2.48. The summed E-state index contributed by atoms with van der Waals surface area (Å²) in [7, 11) is 0. The number of hydrogen-bond donors (Lipinski definition) is 2. The minimum Gasteiger partial charge on any atom is -0.387 e. The maximum Gasteiger partial charge on any atom is 0.0945 e. The monoisotopic (exact) mass is 284 g/mol. The first-order chi connectivity index (χ1) is 10.1. The summed E-state index contributed by atoms with van der Waals surface area (Å²) in [4.78, 5) is 4.12. The largest absolute Gasteiger partial charge is 0.387 e. The van der Waals surface area contributed by atoms with E-state index in [0.717, 1.165) is 11.1 Å². The lowest BCUT2D eigenvalue weighted by Crippen LogP contribution is -2.38. The Hall–Kier alpha value is -1.71. The molecule has 0 bridgehead atoms. The van der Waals surface area contributed by atoms with Gasteiger partial charge in [0.2, 0.25) is 0 Å². The Morgan fingerprint density at radius 3 is 2.43 bits per heavy atom. The fourth-order valence-electron chi connectivity index (χ4n) is 2.42. The van der Waals surface area contributed by atoms with Crippen LogP contribution in [0.25, 0.3) is 0 Å². The van der Waals surface area contributed by atoms with E-state index in [1.54, 1.807) is 6.20 Å². The van der Waals surface area contributed by atoms with Gasteiger partial charge in [0.1, 0.15) is 0 Å². The lowest BCUT2D eigenvalue weighted by atomic mass is 9.93. The van der Waals surface area contributed by atoms with Crippen LogP contribution in [0.5, 0.6) is 0 Å². The van der Waals surface area contributed by atoms with E-state index in [2.05, 4.69) is 31.1 Å². The number of aromatic nitrogens is 1. The third kappa shape index (κ3) is 4.38. The van der Waals surface area contributed by atoms with Gasteiger partial charge < -0.3 is 10.4 Å². The zero-order chi connectivity index (χ0) is 15.2. The van der Waals surface area contributed by atoms with E-state index in [9.17, 15) is 5.11 Å². The highest BCUT2D eigenvalue weighted by Crippen LogP contribution is 2.22. The number of hydrogen-bond acceptors (Lipinski definition) is 3. The van der Waals surface area contributed by atoms with Crippen molar-refractivity contribution >= 4 is 0 Å². The Balaban J connectivity index is 2.06. The molecule has 3 nitrogen and oxygen atoms in total. The lowest BCUT2D eigenvalue weighted by molar-refractivity contribution is 0.104. The van der Waals surface area contributed by atoms with Gasteiger partial charge in [-0.2, -0.15) is 0 Å². The van der Waals surface area contributed by atoms with Gasteiger partial charge in [0, 0.05) is 25.0 Å². The highest BCUT2D eigenvalue weighted by molar-refractivity contribution is 5.24. The van der Waals surface area contributed by atoms with Gasteiger partial charge in [-0.1, -0.05) is 49.7 Å². The van der Waals surface area contributed by atoms with E-state index in [-0.39, 0.29) is 6.04 Å². The van der Waals surface area contributed by atoms with Crippen LogP contribution in [0.1, 0.15) is 36.6 Å². The van der Waals surface area contributed by atoms with E-state index in [0.29, 0.717) is 12.5 Å². The van der Waals surface area contributed by atoms with Gasteiger partial charge in [-0.05, 0) is 30.0 Å². The van der Waals surface area contributed by atoms with E-state index >= 15 is 0 Å². The Morgan fingerprint density at radius 2 is 1.86 bits per heavy atom. The molecule has 1 aromatic carbocycles. The molecule has 0 aliphatic heterocycles. The summed E-state index contributed by atoms with van der Waals surface area (Å²) in [5.74, 6) is 0.331. The maximum atomic E-state index is 10.6. The molecule has 0 saturated heterocycles. The Kier molecular flexibility index (Phi) is 5.48. The SMILES string of the molecule is Cc1ccc(C(O)C(NCc2cccnc2)C(C)C)cc1. The standard InChI is InChI=1S/C18H24N2O/c1-13(2)17(20-12-15-5-4-10-19-11-15)18(21)16-8-6-14(3)7-9-16/h4-11,13,17-18,20-21H,12H2,1-3H3. The van der Waals surface area contributed by atoms with Crippen LogP contribution in [-0.4, -0.2) is 16.1 Å². The fourth-order valence-corrected chi connectivity index (χ4v) is 2.42. The van der Waals surface area contributed by atoms with E-state index < -0.39 is 6.10 Å². The molecule has 0 radical (unpaired) electrons.